The highest BCUT2D eigenvalue weighted by Gasteiger charge is 2.07. The average Bonchev–Trinajstić information content (AvgIpc) is 2.41. The van der Waals surface area contributed by atoms with E-state index in [1.165, 1.54) is 12.3 Å². The molecule has 0 heterocycles. The molecule has 3 N–H and O–H groups in total. The van der Waals surface area contributed by atoms with Crippen LogP contribution in [0.15, 0.2) is 53.6 Å². The molecule has 19 heavy (non-hydrogen) atoms. The summed E-state index contributed by atoms with van der Waals surface area (Å²) < 4.78 is 13.3. The number of rotatable bonds is 3. The highest BCUT2D eigenvalue weighted by molar-refractivity contribution is 5.99. The van der Waals surface area contributed by atoms with Crippen LogP contribution in [0, 0.1) is 5.82 Å². The predicted octanol–water partition coefficient (Wildman–Crippen LogP) is 2.17. The van der Waals surface area contributed by atoms with Gasteiger partial charge in [-0.15, -0.1) is 0 Å². The molecule has 0 saturated heterocycles. The average molecular weight is 257 g/mol. The van der Waals surface area contributed by atoms with Gasteiger partial charge in [0.2, 0.25) is 0 Å². The summed E-state index contributed by atoms with van der Waals surface area (Å²) in [5.41, 5.74) is 8.94. The summed E-state index contributed by atoms with van der Waals surface area (Å²) in [6.45, 7) is 0. The van der Waals surface area contributed by atoms with Gasteiger partial charge in [0, 0.05) is 11.3 Å². The summed E-state index contributed by atoms with van der Waals surface area (Å²) in [6.07, 6.45) is 1.24. The van der Waals surface area contributed by atoms with Crippen LogP contribution >= 0.6 is 0 Å². The van der Waals surface area contributed by atoms with E-state index in [1.54, 1.807) is 42.5 Å². The highest BCUT2D eigenvalue weighted by atomic mass is 19.1. The van der Waals surface area contributed by atoms with Crippen molar-refractivity contribution in [1.29, 1.82) is 0 Å². The summed E-state index contributed by atoms with van der Waals surface area (Å²) >= 11 is 0. The van der Waals surface area contributed by atoms with Gasteiger partial charge in [0.25, 0.3) is 5.91 Å². The fraction of sp³-hybridized carbons (Fsp3) is 0. The van der Waals surface area contributed by atoms with E-state index < -0.39 is 11.7 Å². The van der Waals surface area contributed by atoms with Gasteiger partial charge in [0.15, 0.2) is 0 Å². The second-order valence-electron chi connectivity index (χ2n) is 3.81. The Kier molecular flexibility index (Phi) is 3.87. The van der Waals surface area contributed by atoms with Gasteiger partial charge < -0.3 is 5.73 Å². The zero-order chi connectivity index (χ0) is 13.7. The zero-order valence-corrected chi connectivity index (χ0v) is 10.0. The third kappa shape index (κ3) is 3.16. The Bertz CT molecular complexity index is 626. The number of hydrogen-bond acceptors (Lipinski definition) is 3. The van der Waals surface area contributed by atoms with Crippen molar-refractivity contribution in [2.24, 2.45) is 5.10 Å². The van der Waals surface area contributed by atoms with Crippen LogP contribution in [0.5, 0.6) is 0 Å². The van der Waals surface area contributed by atoms with Gasteiger partial charge >= 0.3 is 0 Å². The van der Waals surface area contributed by atoms with Crippen molar-refractivity contribution in [3.8, 4) is 0 Å². The van der Waals surface area contributed by atoms with Crippen LogP contribution in [0.1, 0.15) is 15.9 Å². The van der Waals surface area contributed by atoms with E-state index in [2.05, 4.69) is 10.5 Å². The number of para-hydroxylation sites is 1. The number of carbonyl (C=O) groups excluding carboxylic acids is 1. The van der Waals surface area contributed by atoms with Crippen LogP contribution in [0.4, 0.5) is 10.1 Å². The number of nitrogens with one attached hydrogen (secondary N) is 1. The molecule has 2 rings (SSSR count). The maximum absolute atomic E-state index is 13.3. The van der Waals surface area contributed by atoms with E-state index >= 15 is 0 Å². The molecule has 5 heteroatoms. The zero-order valence-electron chi connectivity index (χ0n) is 10.0. The van der Waals surface area contributed by atoms with Gasteiger partial charge in [-0.05, 0) is 18.2 Å². The molecule has 0 spiro atoms. The van der Waals surface area contributed by atoms with Crippen molar-refractivity contribution in [3.05, 3.63) is 65.5 Å². The minimum absolute atomic E-state index is 0.295. The molecule has 0 fully saturated rings. The van der Waals surface area contributed by atoms with Crippen LogP contribution in [0.2, 0.25) is 0 Å². The largest absolute Gasteiger partial charge is 0.398 e. The molecule has 0 atom stereocenters. The summed E-state index contributed by atoms with van der Waals surface area (Å²) in [5, 5.41) is 3.70. The van der Waals surface area contributed by atoms with Crippen molar-refractivity contribution in [2.45, 2.75) is 0 Å². The molecule has 96 valence electrons. The molecule has 2 aromatic carbocycles. The smallest absolute Gasteiger partial charge is 0.273 e. The first-order valence-corrected chi connectivity index (χ1v) is 5.61. The second kappa shape index (κ2) is 5.77. The van der Waals surface area contributed by atoms with Crippen molar-refractivity contribution >= 4 is 17.8 Å². The molecule has 0 saturated carbocycles. The monoisotopic (exact) mass is 257 g/mol. The molecule has 1 amide bonds. The molecule has 0 aliphatic carbocycles. The fourth-order valence-corrected chi connectivity index (χ4v) is 1.50. The van der Waals surface area contributed by atoms with Crippen LogP contribution < -0.4 is 11.2 Å². The Labute approximate surface area is 109 Å². The fourth-order valence-electron chi connectivity index (χ4n) is 1.50. The van der Waals surface area contributed by atoms with Gasteiger partial charge in [-0.3, -0.25) is 4.79 Å². The standard InChI is InChI=1S/C14H12FN3O/c15-12-7-3-1-5-10(12)9-17-18-14(19)11-6-2-4-8-13(11)16/h1-9H,16H2,(H,18,19)/b17-9+. The quantitative estimate of drug-likeness (QED) is 0.502. The van der Waals surface area contributed by atoms with Crippen LogP contribution in [-0.4, -0.2) is 12.1 Å². The Morgan fingerprint density at radius 2 is 1.84 bits per heavy atom. The molecule has 0 aromatic heterocycles. The Morgan fingerprint density at radius 1 is 1.16 bits per heavy atom. The number of nitrogens with zero attached hydrogens (tertiary/aromatic N) is 1. The Balaban J connectivity index is 2.06. The minimum Gasteiger partial charge on any atom is -0.398 e. The number of hydrazone groups is 1. The number of nitrogens with two attached hydrogens (primary N) is 1. The number of hydrogen-bond donors (Lipinski definition) is 2. The summed E-state index contributed by atoms with van der Waals surface area (Å²) in [4.78, 5) is 11.7. The van der Waals surface area contributed by atoms with Crippen molar-refractivity contribution in [1.82, 2.24) is 5.43 Å². The minimum atomic E-state index is -0.439. The number of amides is 1. The lowest BCUT2D eigenvalue weighted by Crippen LogP contribution is -2.19. The molecular formula is C14H12FN3O. The SMILES string of the molecule is Nc1ccccc1C(=O)N/N=C/c1ccccc1F. The van der Waals surface area contributed by atoms with Crippen molar-refractivity contribution in [3.63, 3.8) is 0 Å². The number of nitrogen functional groups attached to an aromatic ring is 1. The lowest BCUT2D eigenvalue weighted by molar-refractivity contribution is 0.0956. The van der Waals surface area contributed by atoms with Crippen LogP contribution in [0.25, 0.3) is 0 Å². The van der Waals surface area contributed by atoms with Crippen molar-refractivity contribution in [2.75, 3.05) is 5.73 Å². The summed E-state index contributed by atoms with van der Waals surface area (Å²) in [6, 6.07) is 12.8. The molecule has 2 aromatic rings. The predicted molar refractivity (Wildman–Crippen MR) is 72.3 cm³/mol. The second-order valence-corrected chi connectivity index (χ2v) is 3.81. The Hall–Kier alpha value is -2.69. The topological polar surface area (TPSA) is 67.5 Å². The van der Waals surface area contributed by atoms with E-state index in [1.807, 2.05) is 0 Å². The van der Waals surface area contributed by atoms with Crippen LogP contribution in [0.3, 0.4) is 0 Å². The maximum atomic E-state index is 13.3. The molecule has 4 nitrogen and oxygen atoms in total. The van der Waals surface area contributed by atoms with Gasteiger partial charge in [0.05, 0.1) is 11.8 Å². The van der Waals surface area contributed by atoms with Crippen molar-refractivity contribution < 1.29 is 9.18 Å². The molecular weight excluding hydrogens is 245 g/mol. The molecule has 0 bridgehead atoms. The van der Waals surface area contributed by atoms with E-state index in [0.717, 1.165) is 0 Å². The number of anilines is 1. The third-order valence-electron chi connectivity index (χ3n) is 2.48. The summed E-state index contributed by atoms with van der Waals surface area (Å²) in [5.74, 6) is -0.842. The van der Waals surface area contributed by atoms with E-state index in [-0.39, 0.29) is 0 Å². The maximum Gasteiger partial charge on any atom is 0.273 e. The summed E-state index contributed by atoms with van der Waals surface area (Å²) in [7, 11) is 0. The highest BCUT2D eigenvalue weighted by Crippen LogP contribution is 2.09. The molecule has 0 aliphatic heterocycles. The number of benzene rings is 2. The third-order valence-corrected chi connectivity index (χ3v) is 2.48. The van der Waals surface area contributed by atoms with Gasteiger partial charge in [-0.2, -0.15) is 5.10 Å². The number of carbonyl (C=O) groups is 1. The van der Waals surface area contributed by atoms with Gasteiger partial charge in [-0.1, -0.05) is 30.3 Å². The molecule has 0 unspecified atom stereocenters. The lowest BCUT2D eigenvalue weighted by atomic mass is 10.2. The molecule has 0 radical (unpaired) electrons. The van der Waals surface area contributed by atoms with E-state index in [4.69, 9.17) is 5.73 Å². The first-order chi connectivity index (χ1) is 9.18. The normalized spacial score (nSPS) is 10.6. The van der Waals surface area contributed by atoms with Gasteiger partial charge in [0.1, 0.15) is 5.82 Å². The first-order valence-electron chi connectivity index (χ1n) is 5.61. The first kappa shape index (κ1) is 12.8. The van der Waals surface area contributed by atoms with Crippen LogP contribution in [-0.2, 0) is 0 Å². The Morgan fingerprint density at radius 3 is 2.58 bits per heavy atom. The lowest BCUT2D eigenvalue weighted by Gasteiger charge is -2.02. The van der Waals surface area contributed by atoms with E-state index in [9.17, 15) is 9.18 Å². The molecule has 0 aliphatic rings. The number of halogens is 1. The van der Waals surface area contributed by atoms with E-state index in [0.29, 0.717) is 16.8 Å². The van der Waals surface area contributed by atoms with Gasteiger partial charge in [-0.25, -0.2) is 9.82 Å².